The van der Waals surface area contributed by atoms with E-state index in [0.717, 1.165) is 22.3 Å². The summed E-state index contributed by atoms with van der Waals surface area (Å²) in [6.07, 6.45) is 8.75. The summed E-state index contributed by atoms with van der Waals surface area (Å²) >= 11 is 3.59. The maximum absolute atomic E-state index is 11.7. The average Bonchev–Trinajstić information content (AvgIpc) is 3.49. The van der Waals surface area contributed by atoms with Crippen molar-refractivity contribution in [1.82, 2.24) is 34.6 Å². The molecule has 0 bridgehead atoms. The van der Waals surface area contributed by atoms with E-state index in [1.54, 1.807) is 35.3 Å². The third kappa shape index (κ3) is 6.60. The Balaban J connectivity index is 1.34. The Morgan fingerprint density at radius 1 is 1.02 bits per heavy atom. The van der Waals surface area contributed by atoms with E-state index in [2.05, 4.69) is 51.5 Å². The van der Waals surface area contributed by atoms with Crippen LogP contribution in [0, 0.1) is 0 Å². The number of anilines is 5. The van der Waals surface area contributed by atoms with Gasteiger partial charge in [0.15, 0.2) is 5.75 Å². The number of fused-ring (bicyclic) bond motifs is 1. The number of urea groups is 1. The molecular formula is C30H33BrN11O3P. The van der Waals surface area contributed by atoms with Crippen LogP contribution in [0.4, 0.5) is 33.6 Å². The second-order valence-corrected chi connectivity index (χ2v) is 13.4. The highest BCUT2D eigenvalue weighted by Gasteiger charge is 2.24. The topological polar surface area (TPSA) is 161 Å². The molecule has 5 aromatic rings. The lowest BCUT2D eigenvalue weighted by Crippen LogP contribution is -2.50. The van der Waals surface area contributed by atoms with Crippen LogP contribution in [0.25, 0.3) is 22.2 Å². The van der Waals surface area contributed by atoms with Crippen LogP contribution in [0.15, 0.2) is 59.7 Å². The number of amides is 2. The van der Waals surface area contributed by atoms with Crippen molar-refractivity contribution in [3.8, 4) is 22.6 Å². The number of carbonyl (C=O) groups is 1. The molecule has 16 heteroatoms. The number of primary amides is 1. The van der Waals surface area contributed by atoms with Crippen LogP contribution in [0.5, 0.6) is 11.5 Å². The number of nitrogens with zero attached hydrogens (tertiary/aromatic N) is 8. The van der Waals surface area contributed by atoms with Gasteiger partial charge in [0.05, 0.1) is 42.8 Å². The number of hydrogen-bond donors (Lipinski definition) is 3. The van der Waals surface area contributed by atoms with Gasteiger partial charge in [0, 0.05) is 80.9 Å². The number of carbonyl (C=O) groups excluding carboxylic acids is 1. The molecular weight excluding hydrogens is 673 g/mol. The standard InChI is InChI=1S/C30H33BrN11O3P/c1-40-17-18(15-36-40)19-13-23(25(44-2)14-24(19)41-9-11-42(12-10-41)29(32)43)38-30-35-16-20(31)28(39-30)37-22-6-5-21-26(34-8-7-33-21)27(22)45-46(3)4/h5-8,13-17H,9-12H2,1-4H3,(H2,32,43)(H2,35,37,38,39). The maximum atomic E-state index is 11.7. The molecule has 4 heterocycles. The van der Waals surface area contributed by atoms with E-state index >= 15 is 0 Å². The summed E-state index contributed by atoms with van der Waals surface area (Å²) < 4.78 is 14.5. The van der Waals surface area contributed by atoms with Crippen molar-refractivity contribution in [1.29, 1.82) is 0 Å². The molecule has 0 spiro atoms. The van der Waals surface area contributed by atoms with Gasteiger partial charge in [-0.2, -0.15) is 10.1 Å². The molecule has 1 saturated heterocycles. The molecule has 1 fully saturated rings. The summed E-state index contributed by atoms with van der Waals surface area (Å²) in [7, 11) is 2.76. The quantitative estimate of drug-likeness (QED) is 0.170. The van der Waals surface area contributed by atoms with E-state index in [0.29, 0.717) is 70.8 Å². The van der Waals surface area contributed by atoms with Crippen molar-refractivity contribution in [3.63, 3.8) is 0 Å². The van der Waals surface area contributed by atoms with Gasteiger partial charge in [-0.05, 0) is 47.5 Å². The Morgan fingerprint density at radius 2 is 1.80 bits per heavy atom. The van der Waals surface area contributed by atoms with Crippen molar-refractivity contribution < 1.29 is 14.1 Å². The summed E-state index contributed by atoms with van der Waals surface area (Å²) in [4.78, 5) is 33.8. The van der Waals surface area contributed by atoms with Gasteiger partial charge in [0.1, 0.15) is 17.1 Å². The zero-order valence-electron chi connectivity index (χ0n) is 25.7. The highest BCUT2D eigenvalue weighted by Crippen LogP contribution is 2.43. The van der Waals surface area contributed by atoms with Crippen LogP contribution in [-0.4, -0.2) is 87.3 Å². The Labute approximate surface area is 275 Å². The van der Waals surface area contributed by atoms with Crippen LogP contribution in [0.2, 0.25) is 0 Å². The summed E-state index contributed by atoms with van der Waals surface area (Å²) in [5.41, 5.74) is 11.1. The molecule has 0 radical (unpaired) electrons. The number of aryl methyl sites for hydroxylation is 1. The average molecular weight is 707 g/mol. The zero-order chi connectivity index (χ0) is 32.4. The van der Waals surface area contributed by atoms with Gasteiger partial charge in [-0.15, -0.1) is 0 Å². The lowest BCUT2D eigenvalue weighted by Gasteiger charge is -2.36. The van der Waals surface area contributed by atoms with Gasteiger partial charge in [-0.3, -0.25) is 9.67 Å². The van der Waals surface area contributed by atoms with Gasteiger partial charge in [-0.25, -0.2) is 14.8 Å². The highest BCUT2D eigenvalue weighted by atomic mass is 79.9. The molecule has 0 unspecified atom stereocenters. The lowest BCUT2D eigenvalue weighted by atomic mass is 10.0. The number of ether oxygens (including phenoxy) is 1. The Morgan fingerprint density at radius 3 is 2.50 bits per heavy atom. The minimum atomic E-state index is -0.739. The van der Waals surface area contributed by atoms with Gasteiger partial charge in [-0.1, -0.05) is 0 Å². The first-order valence-electron chi connectivity index (χ1n) is 14.4. The van der Waals surface area contributed by atoms with Gasteiger partial charge in [0.2, 0.25) is 5.95 Å². The monoisotopic (exact) mass is 705 g/mol. The first-order valence-corrected chi connectivity index (χ1v) is 17.3. The zero-order valence-corrected chi connectivity index (χ0v) is 28.2. The number of rotatable bonds is 9. The molecule has 0 aliphatic carbocycles. The number of benzene rings is 2. The number of methoxy groups -OCH3 is 1. The minimum Gasteiger partial charge on any atom is -0.494 e. The third-order valence-electron chi connectivity index (χ3n) is 7.38. The summed E-state index contributed by atoms with van der Waals surface area (Å²) in [5.74, 6) is 2.08. The summed E-state index contributed by atoms with van der Waals surface area (Å²) in [5, 5.41) is 11.1. The number of aromatic nitrogens is 6. The fourth-order valence-corrected chi connectivity index (χ4v) is 6.04. The van der Waals surface area contributed by atoms with Crippen molar-refractivity contribution in [2.45, 2.75) is 0 Å². The van der Waals surface area contributed by atoms with Crippen molar-refractivity contribution >= 4 is 70.0 Å². The van der Waals surface area contributed by atoms with Crippen LogP contribution in [-0.2, 0) is 7.05 Å². The SMILES string of the molecule is COc1cc(N2CCN(C(N)=O)CC2)c(-c2cnn(C)c2)cc1Nc1ncc(Br)c(Nc2ccc3nccnc3c2OP(C)C)n1. The fourth-order valence-electron chi connectivity index (χ4n) is 5.20. The van der Waals surface area contributed by atoms with E-state index in [-0.39, 0.29) is 0 Å². The van der Waals surface area contributed by atoms with Crippen LogP contribution < -0.4 is 30.5 Å². The molecule has 1 aliphatic rings. The van der Waals surface area contributed by atoms with E-state index in [1.165, 1.54) is 0 Å². The molecule has 46 heavy (non-hydrogen) atoms. The molecule has 0 atom stereocenters. The number of halogens is 1. The van der Waals surface area contributed by atoms with Gasteiger partial charge >= 0.3 is 6.03 Å². The second kappa shape index (κ2) is 13.3. The number of nitrogens with two attached hydrogens (primary N) is 1. The van der Waals surface area contributed by atoms with E-state index in [1.807, 2.05) is 57.0 Å². The van der Waals surface area contributed by atoms with Crippen LogP contribution >= 0.6 is 24.1 Å². The second-order valence-electron chi connectivity index (χ2n) is 10.7. The van der Waals surface area contributed by atoms with E-state index in [9.17, 15) is 4.79 Å². The molecule has 2 amide bonds. The first kappa shape index (κ1) is 31.2. The highest BCUT2D eigenvalue weighted by molar-refractivity contribution is 9.10. The Kier molecular flexibility index (Phi) is 9.04. The number of piperazine rings is 1. The number of nitrogens with one attached hydrogen (secondary N) is 2. The van der Waals surface area contributed by atoms with Gasteiger partial charge in [0.25, 0.3) is 0 Å². The minimum absolute atomic E-state index is 0.347. The maximum Gasteiger partial charge on any atom is 0.314 e. The summed E-state index contributed by atoms with van der Waals surface area (Å²) in [6.45, 7) is 6.36. The Hall–Kier alpha value is -4.75. The Bertz CT molecular complexity index is 1900. The molecule has 2 aromatic carbocycles. The normalized spacial score (nSPS) is 13.3. The predicted molar refractivity (Wildman–Crippen MR) is 184 cm³/mol. The van der Waals surface area contributed by atoms with Crippen LogP contribution in [0.3, 0.4) is 0 Å². The lowest BCUT2D eigenvalue weighted by molar-refractivity contribution is 0.204. The predicted octanol–water partition coefficient (Wildman–Crippen LogP) is 5.31. The van der Waals surface area contributed by atoms with Crippen molar-refractivity contribution in [2.75, 3.05) is 62.2 Å². The van der Waals surface area contributed by atoms with Crippen molar-refractivity contribution in [3.05, 3.63) is 59.7 Å². The first-order chi connectivity index (χ1) is 22.2. The number of hydrogen-bond acceptors (Lipinski definition) is 11. The van der Waals surface area contributed by atoms with E-state index < -0.39 is 14.2 Å². The molecule has 1 aliphatic heterocycles. The molecule has 0 saturated carbocycles. The largest absolute Gasteiger partial charge is 0.494 e. The molecule has 4 N–H and O–H groups in total. The summed E-state index contributed by atoms with van der Waals surface area (Å²) in [6, 6.07) is 7.36. The molecule has 14 nitrogen and oxygen atoms in total. The van der Waals surface area contributed by atoms with Crippen molar-refractivity contribution in [2.24, 2.45) is 12.8 Å². The molecule has 238 valence electrons. The molecule has 3 aromatic heterocycles. The fraction of sp³-hybridized carbons (Fsp3) is 0.267. The van der Waals surface area contributed by atoms with Gasteiger partial charge < -0.3 is 35.4 Å². The van der Waals surface area contributed by atoms with E-state index in [4.69, 9.17) is 20.0 Å². The van der Waals surface area contributed by atoms with Crippen LogP contribution in [0.1, 0.15) is 0 Å². The third-order valence-corrected chi connectivity index (χ3v) is 8.51. The molecule has 6 rings (SSSR count). The smallest absolute Gasteiger partial charge is 0.314 e.